The summed E-state index contributed by atoms with van der Waals surface area (Å²) >= 11 is 0. The second-order valence-electron chi connectivity index (χ2n) is 4.49. The van der Waals surface area contributed by atoms with Gasteiger partial charge in [-0.25, -0.2) is 0 Å². The van der Waals surface area contributed by atoms with Gasteiger partial charge in [-0.1, -0.05) is 37.3 Å². The van der Waals surface area contributed by atoms with E-state index in [0.717, 1.165) is 18.4 Å². The molecule has 0 fully saturated rings. The van der Waals surface area contributed by atoms with Crippen LogP contribution in [-0.4, -0.2) is 5.97 Å². The second kappa shape index (κ2) is 6.19. The number of ether oxygens (including phenoxy) is 1. The van der Waals surface area contributed by atoms with Crippen LogP contribution in [0.2, 0.25) is 0 Å². The Morgan fingerprint density at radius 2 is 1.79 bits per heavy atom. The van der Waals surface area contributed by atoms with Crippen molar-refractivity contribution in [3.63, 3.8) is 0 Å². The second-order valence-corrected chi connectivity index (χ2v) is 4.49. The number of benzene rings is 2. The van der Waals surface area contributed by atoms with Gasteiger partial charge < -0.3 is 4.74 Å². The van der Waals surface area contributed by atoms with Gasteiger partial charge in [0.2, 0.25) is 0 Å². The van der Waals surface area contributed by atoms with Gasteiger partial charge in [0.1, 0.15) is 5.75 Å². The summed E-state index contributed by atoms with van der Waals surface area (Å²) in [6.45, 7) is 3.54. The molecule has 0 unspecified atom stereocenters. The predicted octanol–water partition coefficient (Wildman–Crippen LogP) is 3.57. The minimum absolute atomic E-state index is 0.309. The Labute approximate surface area is 114 Å². The summed E-state index contributed by atoms with van der Waals surface area (Å²) in [5.74, 6) is 0.230. The van der Waals surface area contributed by atoms with E-state index in [1.807, 2.05) is 6.07 Å². The quantitative estimate of drug-likeness (QED) is 0.615. The monoisotopic (exact) mass is 253 g/mol. The number of carbonyl (C=O) groups excluding carboxylic acids is 1. The van der Waals surface area contributed by atoms with E-state index < -0.39 is 0 Å². The minimum atomic E-state index is -0.309. The van der Waals surface area contributed by atoms with Crippen LogP contribution in [0.25, 0.3) is 0 Å². The highest BCUT2D eigenvalue weighted by atomic mass is 16.5. The molecule has 2 aromatic rings. The van der Waals surface area contributed by atoms with E-state index >= 15 is 0 Å². The van der Waals surface area contributed by atoms with E-state index in [1.54, 1.807) is 12.1 Å². The zero-order chi connectivity index (χ0) is 13.7. The predicted molar refractivity (Wildman–Crippen MR) is 75.2 cm³/mol. The molecule has 0 saturated carbocycles. The number of rotatable bonds is 4. The fourth-order valence-corrected chi connectivity index (χ4v) is 1.89. The highest BCUT2D eigenvalue weighted by Gasteiger charge is 2.00. The van der Waals surface area contributed by atoms with Crippen LogP contribution in [0.4, 0.5) is 0 Å². The third-order valence-electron chi connectivity index (χ3n) is 2.94. The zero-order valence-corrected chi connectivity index (χ0v) is 11.3. The highest BCUT2D eigenvalue weighted by Crippen LogP contribution is 2.15. The molecule has 0 N–H and O–H groups in total. The van der Waals surface area contributed by atoms with E-state index in [0.29, 0.717) is 5.75 Å². The third-order valence-corrected chi connectivity index (χ3v) is 2.94. The molecule has 19 heavy (non-hydrogen) atoms. The average Bonchev–Trinajstić information content (AvgIpc) is 2.41. The van der Waals surface area contributed by atoms with Crippen molar-refractivity contribution < 1.29 is 9.53 Å². The van der Waals surface area contributed by atoms with Crippen molar-refractivity contribution in [1.29, 1.82) is 0 Å². The first kappa shape index (κ1) is 13.3. The summed E-state index contributed by atoms with van der Waals surface area (Å²) in [6.07, 6.45) is 1.90. The molecule has 0 aromatic heterocycles. The fraction of sp³-hybridized carbons (Fsp3) is 0.235. The zero-order valence-electron chi connectivity index (χ0n) is 11.3. The molecule has 0 heterocycles. The van der Waals surface area contributed by atoms with Crippen molar-refractivity contribution in [3.05, 3.63) is 65.2 Å². The van der Waals surface area contributed by atoms with Gasteiger partial charge in [0.15, 0.2) is 0 Å². The largest absolute Gasteiger partial charge is 0.427 e. The number of hydrogen-bond acceptors (Lipinski definition) is 2. The van der Waals surface area contributed by atoms with Gasteiger partial charge in [0.25, 0.3) is 0 Å². The normalized spacial score (nSPS) is 10.2. The number of carbonyl (C=O) groups is 1. The van der Waals surface area contributed by atoms with Crippen molar-refractivity contribution in [2.45, 2.75) is 26.7 Å². The summed E-state index contributed by atoms with van der Waals surface area (Å²) in [6, 6.07) is 17.2. The molecule has 0 spiro atoms. The fourth-order valence-electron chi connectivity index (χ4n) is 1.89. The van der Waals surface area contributed by atoms with Gasteiger partial charge in [-0.3, -0.25) is 4.79 Å². The summed E-state index contributed by atoms with van der Waals surface area (Å²) in [7, 11) is 0. The lowest BCUT2D eigenvalue weighted by molar-refractivity contribution is -0.131. The first-order chi connectivity index (χ1) is 9.17. The van der Waals surface area contributed by atoms with E-state index in [-0.39, 0.29) is 5.97 Å². The van der Waals surface area contributed by atoms with Gasteiger partial charge >= 0.3 is 5.97 Å². The van der Waals surface area contributed by atoms with E-state index in [4.69, 9.17) is 4.74 Å². The van der Waals surface area contributed by atoms with Crippen LogP contribution in [0.15, 0.2) is 42.5 Å². The summed E-state index contributed by atoms with van der Waals surface area (Å²) in [5.41, 5.74) is 3.69. The summed E-state index contributed by atoms with van der Waals surface area (Å²) < 4.78 is 4.98. The van der Waals surface area contributed by atoms with Crippen molar-refractivity contribution in [1.82, 2.24) is 0 Å². The lowest BCUT2D eigenvalue weighted by Gasteiger charge is -2.05. The van der Waals surface area contributed by atoms with Crippen LogP contribution < -0.4 is 4.74 Å². The van der Waals surface area contributed by atoms with Crippen molar-refractivity contribution >= 4 is 5.97 Å². The smallest absolute Gasteiger partial charge is 0.308 e. The van der Waals surface area contributed by atoms with Crippen LogP contribution >= 0.6 is 0 Å². The molecule has 0 aliphatic carbocycles. The Balaban J connectivity index is 2.04. The maximum atomic E-state index is 10.8. The molecule has 1 radical (unpaired) electrons. The number of esters is 1. The third kappa shape index (κ3) is 3.95. The molecule has 2 aromatic carbocycles. The molecule has 0 aliphatic rings. The van der Waals surface area contributed by atoms with Crippen molar-refractivity contribution in [2.75, 3.05) is 0 Å². The van der Waals surface area contributed by atoms with Crippen LogP contribution in [-0.2, 0) is 17.6 Å². The van der Waals surface area contributed by atoms with E-state index in [9.17, 15) is 4.79 Å². The Morgan fingerprint density at radius 1 is 1.11 bits per heavy atom. The Bertz CT molecular complexity index is 538. The molecule has 0 aliphatic heterocycles. The average molecular weight is 253 g/mol. The van der Waals surface area contributed by atoms with Crippen molar-refractivity contribution in [3.8, 4) is 5.75 Å². The Kier molecular flexibility index (Phi) is 4.35. The maximum absolute atomic E-state index is 10.8. The SMILES string of the molecule is CCc1ccc(Cc2[c]cc(OC(C)=O)cc2)cc1. The molecule has 0 saturated heterocycles. The summed E-state index contributed by atoms with van der Waals surface area (Å²) in [5, 5.41) is 0. The molecular weight excluding hydrogens is 236 g/mol. The van der Waals surface area contributed by atoms with Gasteiger partial charge in [0, 0.05) is 6.92 Å². The standard InChI is InChI=1S/C17H17O2/c1-3-14-4-6-15(7-5-14)12-16-8-10-17(11-9-16)19-13(2)18/h4-8,10-11H,3,12H2,1-2H3. The van der Waals surface area contributed by atoms with Gasteiger partial charge in [-0.2, -0.15) is 0 Å². The van der Waals surface area contributed by atoms with Gasteiger partial charge in [0.05, 0.1) is 0 Å². The molecule has 2 heteroatoms. The van der Waals surface area contributed by atoms with Crippen LogP contribution in [0.1, 0.15) is 30.5 Å². The topological polar surface area (TPSA) is 26.3 Å². The van der Waals surface area contributed by atoms with Crippen molar-refractivity contribution in [2.24, 2.45) is 0 Å². The molecule has 2 rings (SSSR count). The Morgan fingerprint density at radius 3 is 2.32 bits per heavy atom. The first-order valence-electron chi connectivity index (χ1n) is 6.44. The maximum Gasteiger partial charge on any atom is 0.308 e. The van der Waals surface area contributed by atoms with E-state index in [2.05, 4.69) is 37.3 Å². The number of hydrogen-bond donors (Lipinski definition) is 0. The molecule has 2 nitrogen and oxygen atoms in total. The van der Waals surface area contributed by atoms with Crippen LogP contribution in [0.5, 0.6) is 5.75 Å². The highest BCUT2D eigenvalue weighted by molar-refractivity contribution is 5.69. The molecule has 0 amide bonds. The summed E-state index contributed by atoms with van der Waals surface area (Å²) in [4.78, 5) is 10.8. The number of aryl methyl sites for hydroxylation is 1. The van der Waals surface area contributed by atoms with Gasteiger partial charge in [-0.15, -0.1) is 0 Å². The lowest BCUT2D eigenvalue weighted by Crippen LogP contribution is -2.01. The molecular formula is C17H17O2. The molecule has 97 valence electrons. The minimum Gasteiger partial charge on any atom is -0.427 e. The molecule has 0 bridgehead atoms. The molecule has 0 atom stereocenters. The van der Waals surface area contributed by atoms with Gasteiger partial charge in [-0.05, 0) is 47.7 Å². The lowest BCUT2D eigenvalue weighted by atomic mass is 10.0. The first-order valence-corrected chi connectivity index (χ1v) is 6.44. The van der Waals surface area contributed by atoms with E-state index in [1.165, 1.54) is 18.1 Å². The van der Waals surface area contributed by atoms with Crippen LogP contribution in [0.3, 0.4) is 0 Å². The van der Waals surface area contributed by atoms with Crippen LogP contribution in [0, 0.1) is 6.07 Å². The Hall–Kier alpha value is -2.09.